The lowest BCUT2D eigenvalue weighted by molar-refractivity contribution is 0.0696. The van der Waals surface area contributed by atoms with Crippen LogP contribution in [0.3, 0.4) is 0 Å². The lowest BCUT2D eigenvalue weighted by atomic mass is 10.1. The van der Waals surface area contributed by atoms with Crippen LogP contribution in [-0.4, -0.2) is 46.4 Å². The molecule has 0 aliphatic rings. The van der Waals surface area contributed by atoms with Gasteiger partial charge in [0.1, 0.15) is 28.8 Å². The summed E-state index contributed by atoms with van der Waals surface area (Å²) in [5.74, 6) is -1.46. The van der Waals surface area contributed by atoms with E-state index in [-0.39, 0.29) is 23.6 Å². The molecule has 14 heteroatoms. The number of pyridine rings is 2. The second kappa shape index (κ2) is 18.5. The molecule has 8 rings (SSSR count). The zero-order chi connectivity index (χ0) is 40.3. The number of nitrogens with zero attached hydrogens (tertiary/aromatic N) is 6. The van der Waals surface area contributed by atoms with Gasteiger partial charge in [-0.1, -0.05) is 59.6 Å². The zero-order valence-corrected chi connectivity index (χ0v) is 31.3. The van der Waals surface area contributed by atoms with E-state index in [0.29, 0.717) is 44.2 Å². The van der Waals surface area contributed by atoms with Crippen molar-refractivity contribution in [3.8, 4) is 34.2 Å². The first-order valence-corrected chi connectivity index (χ1v) is 17.9. The Morgan fingerprint density at radius 1 is 0.579 bits per heavy atom. The highest BCUT2D eigenvalue weighted by atomic mass is 35.5. The molecule has 0 aliphatic carbocycles. The van der Waals surface area contributed by atoms with E-state index in [1.54, 1.807) is 40.0 Å². The standard InChI is InChI=1S/C22H15ClFN3O.C14H11ClN4.C7H5FO2/c23-18-5-1-2-7-21(18)27-17(13-20(26-27)19-6-3-4-12-25-19)14-22(28)15-8-10-16(24)11-9-15;15-10-5-1-2-7-13(10)19-14(16)9-12(18-19)11-6-3-4-8-17-11;8-6-3-1-5(2-4-6)7(9)10/h1-13H,14H2;1-9H,16H2;1-4H,(H,9,10). The van der Waals surface area contributed by atoms with Crippen molar-refractivity contribution in [3.63, 3.8) is 0 Å². The van der Waals surface area contributed by atoms with Gasteiger partial charge >= 0.3 is 5.97 Å². The van der Waals surface area contributed by atoms with Crippen molar-refractivity contribution in [1.29, 1.82) is 0 Å². The Kier molecular flexibility index (Phi) is 12.9. The third-order valence-corrected chi connectivity index (χ3v) is 8.77. The molecule has 0 amide bonds. The summed E-state index contributed by atoms with van der Waals surface area (Å²) in [4.78, 5) is 31.5. The Labute approximate surface area is 335 Å². The molecule has 3 N–H and O–H groups in total. The number of nitrogen functional groups attached to an aromatic ring is 1. The first kappa shape index (κ1) is 39.7. The van der Waals surface area contributed by atoms with Gasteiger partial charge in [-0.2, -0.15) is 10.2 Å². The molecule has 8 aromatic rings. The van der Waals surface area contributed by atoms with Gasteiger partial charge in [0.2, 0.25) is 0 Å². The summed E-state index contributed by atoms with van der Waals surface area (Å²) in [5.41, 5.74) is 11.5. The third kappa shape index (κ3) is 10.2. The molecule has 0 aliphatic heterocycles. The largest absolute Gasteiger partial charge is 0.478 e. The Morgan fingerprint density at radius 2 is 1.04 bits per heavy atom. The quantitative estimate of drug-likeness (QED) is 0.145. The number of hydrogen-bond donors (Lipinski definition) is 2. The van der Waals surface area contributed by atoms with Crippen molar-refractivity contribution in [2.75, 3.05) is 5.73 Å². The summed E-state index contributed by atoms with van der Waals surface area (Å²) in [6, 6.07) is 39.7. The predicted molar refractivity (Wildman–Crippen MR) is 216 cm³/mol. The number of Topliss-reactive ketones (excluding diaryl/α,β-unsaturated/α-hetero) is 1. The SMILES string of the molecule is Nc1cc(-c2ccccn2)nn1-c1ccccc1Cl.O=C(Cc1cc(-c2ccccn2)nn1-c1ccccc1Cl)c1ccc(F)cc1.O=C(O)c1ccc(F)cc1. The smallest absolute Gasteiger partial charge is 0.335 e. The maximum absolute atomic E-state index is 13.2. The van der Waals surface area contributed by atoms with Crippen molar-refractivity contribution >= 4 is 40.8 Å². The van der Waals surface area contributed by atoms with E-state index in [9.17, 15) is 18.4 Å². The maximum atomic E-state index is 13.2. The van der Waals surface area contributed by atoms with Gasteiger partial charge < -0.3 is 10.8 Å². The first-order chi connectivity index (χ1) is 27.6. The van der Waals surface area contributed by atoms with Gasteiger partial charge in [0.15, 0.2) is 5.78 Å². The lowest BCUT2D eigenvalue weighted by Crippen LogP contribution is -2.09. The summed E-state index contributed by atoms with van der Waals surface area (Å²) in [6.45, 7) is 0. The lowest BCUT2D eigenvalue weighted by Gasteiger charge is -2.09. The number of carboxylic acid groups (broad SMARTS) is 1. The van der Waals surface area contributed by atoms with Crippen molar-refractivity contribution in [3.05, 3.63) is 196 Å². The van der Waals surface area contributed by atoms with Crippen molar-refractivity contribution in [2.24, 2.45) is 0 Å². The number of nitrogens with two attached hydrogens (primary N) is 1. The number of rotatable bonds is 8. The van der Waals surface area contributed by atoms with Crippen LogP contribution in [0.5, 0.6) is 0 Å². The fourth-order valence-electron chi connectivity index (χ4n) is 5.36. The second-order valence-corrected chi connectivity index (χ2v) is 12.9. The summed E-state index contributed by atoms with van der Waals surface area (Å²) in [6.07, 6.45) is 3.50. The molecule has 284 valence electrons. The van der Waals surface area contributed by atoms with E-state index in [4.69, 9.17) is 34.0 Å². The summed E-state index contributed by atoms with van der Waals surface area (Å²) in [5, 5.41) is 18.6. The molecule has 4 aromatic carbocycles. The average Bonchev–Trinajstić information content (AvgIpc) is 3.83. The number of carbonyl (C=O) groups excluding carboxylic acids is 1. The Bertz CT molecular complexity index is 2600. The third-order valence-electron chi connectivity index (χ3n) is 8.13. The Balaban J connectivity index is 0.000000162. The molecule has 0 saturated heterocycles. The van der Waals surface area contributed by atoms with Crippen LogP contribution in [0.2, 0.25) is 10.0 Å². The van der Waals surface area contributed by atoms with E-state index in [1.807, 2.05) is 78.9 Å². The maximum Gasteiger partial charge on any atom is 0.335 e. The molecule has 57 heavy (non-hydrogen) atoms. The minimum absolute atomic E-state index is 0.0939. The topological polar surface area (TPSA) is 142 Å². The fraction of sp³-hybridized carbons (Fsp3) is 0.0233. The second-order valence-electron chi connectivity index (χ2n) is 12.1. The number of para-hydroxylation sites is 2. The normalized spacial score (nSPS) is 10.5. The number of aromatic nitrogens is 6. The van der Waals surface area contributed by atoms with Crippen LogP contribution in [-0.2, 0) is 6.42 Å². The number of ketones is 1. The van der Waals surface area contributed by atoms with Crippen LogP contribution in [0.4, 0.5) is 14.6 Å². The van der Waals surface area contributed by atoms with Crippen LogP contribution in [0, 0.1) is 11.6 Å². The van der Waals surface area contributed by atoms with Crippen molar-refractivity contribution in [1.82, 2.24) is 29.5 Å². The van der Waals surface area contributed by atoms with Gasteiger partial charge in [0, 0.05) is 24.0 Å². The van der Waals surface area contributed by atoms with E-state index in [0.717, 1.165) is 29.2 Å². The van der Waals surface area contributed by atoms with Crippen LogP contribution in [0.25, 0.3) is 34.2 Å². The minimum Gasteiger partial charge on any atom is -0.478 e. The van der Waals surface area contributed by atoms with Crippen LogP contribution >= 0.6 is 23.2 Å². The molecule has 10 nitrogen and oxygen atoms in total. The van der Waals surface area contributed by atoms with Crippen LogP contribution < -0.4 is 5.73 Å². The molecule has 0 atom stereocenters. The van der Waals surface area contributed by atoms with E-state index < -0.39 is 11.8 Å². The fourth-order valence-corrected chi connectivity index (χ4v) is 5.80. The summed E-state index contributed by atoms with van der Waals surface area (Å²) in [7, 11) is 0. The molecule has 0 unspecified atom stereocenters. The molecule has 4 heterocycles. The number of benzene rings is 4. The number of aromatic carboxylic acids is 1. The number of carboxylic acids is 1. The highest BCUT2D eigenvalue weighted by molar-refractivity contribution is 6.32. The van der Waals surface area contributed by atoms with Crippen LogP contribution in [0.15, 0.2) is 158 Å². The molecular weight excluding hydrogens is 771 g/mol. The van der Waals surface area contributed by atoms with Crippen LogP contribution in [0.1, 0.15) is 26.4 Å². The monoisotopic (exact) mass is 801 g/mol. The molecule has 0 bridgehead atoms. The molecule has 0 fully saturated rings. The molecule has 4 aromatic heterocycles. The van der Waals surface area contributed by atoms with Crippen molar-refractivity contribution in [2.45, 2.75) is 6.42 Å². The zero-order valence-electron chi connectivity index (χ0n) is 29.8. The Morgan fingerprint density at radius 3 is 1.53 bits per heavy atom. The molecule has 0 spiro atoms. The Hall–Kier alpha value is -7.02. The van der Waals surface area contributed by atoms with E-state index >= 15 is 0 Å². The average molecular weight is 803 g/mol. The van der Waals surface area contributed by atoms with Gasteiger partial charge in [-0.3, -0.25) is 14.8 Å². The van der Waals surface area contributed by atoms with Gasteiger partial charge in [0.25, 0.3) is 0 Å². The van der Waals surface area contributed by atoms with Crippen molar-refractivity contribution < 1.29 is 23.5 Å². The number of anilines is 1. The summed E-state index contributed by atoms with van der Waals surface area (Å²) < 4.78 is 28.6. The molecule has 0 radical (unpaired) electrons. The molecule has 0 saturated carbocycles. The van der Waals surface area contributed by atoms with Gasteiger partial charge in [-0.05, 0) is 103 Å². The van der Waals surface area contributed by atoms with E-state index in [1.165, 1.54) is 36.4 Å². The van der Waals surface area contributed by atoms with Gasteiger partial charge in [0.05, 0.1) is 50.5 Å². The van der Waals surface area contributed by atoms with Gasteiger partial charge in [-0.15, -0.1) is 0 Å². The summed E-state index contributed by atoms with van der Waals surface area (Å²) >= 11 is 12.5. The minimum atomic E-state index is -1.04. The number of carbonyl (C=O) groups is 2. The highest BCUT2D eigenvalue weighted by Gasteiger charge is 2.18. The predicted octanol–water partition coefficient (Wildman–Crippen LogP) is 9.85. The number of hydrogen-bond acceptors (Lipinski definition) is 7. The molecular formula is C43H31Cl2F2N7O3. The number of halogens is 4. The first-order valence-electron chi connectivity index (χ1n) is 17.1. The van der Waals surface area contributed by atoms with E-state index in [2.05, 4.69) is 20.2 Å². The van der Waals surface area contributed by atoms with Gasteiger partial charge in [-0.25, -0.2) is 22.9 Å². The highest BCUT2D eigenvalue weighted by Crippen LogP contribution is 2.27.